The molecular formula is C14H10BrF2NO2. The highest BCUT2D eigenvalue weighted by Crippen LogP contribution is 2.20. The fourth-order valence-electron chi connectivity index (χ4n) is 1.57. The number of hydrogen-bond acceptors (Lipinski definition) is 3. The lowest BCUT2D eigenvalue weighted by molar-refractivity contribution is 0.0466. The zero-order chi connectivity index (χ0) is 14.7. The highest BCUT2D eigenvalue weighted by molar-refractivity contribution is 9.10. The van der Waals surface area contributed by atoms with Gasteiger partial charge in [0.25, 0.3) is 0 Å². The molecule has 0 radical (unpaired) electrons. The van der Waals surface area contributed by atoms with Gasteiger partial charge in [-0.15, -0.1) is 0 Å². The maximum absolute atomic E-state index is 13.5. The summed E-state index contributed by atoms with van der Waals surface area (Å²) in [6.07, 6.45) is 0. The molecule has 2 rings (SSSR count). The number of halogens is 3. The van der Waals surface area contributed by atoms with E-state index in [1.807, 2.05) is 0 Å². The van der Waals surface area contributed by atoms with Crippen LogP contribution in [-0.4, -0.2) is 5.97 Å². The molecule has 0 saturated heterocycles. The number of ether oxygens (including phenoxy) is 1. The number of benzene rings is 2. The van der Waals surface area contributed by atoms with Crippen molar-refractivity contribution in [1.82, 2.24) is 0 Å². The van der Waals surface area contributed by atoms with Crippen molar-refractivity contribution in [1.29, 1.82) is 0 Å². The lowest BCUT2D eigenvalue weighted by Crippen LogP contribution is -2.08. The Morgan fingerprint density at radius 3 is 2.65 bits per heavy atom. The average molecular weight is 342 g/mol. The van der Waals surface area contributed by atoms with Crippen molar-refractivity contribution >= 4 is 27.6 Å². The van der Waals surface area contributed by atoms with Crippen molar-refractivity contribution in [3.8, 4) is 0 Å². The van der Waals surface area contributed by atoms with E-state index in [-0.39, 0.29) is 17.9 Å². The molecule has 2 aromatic rings. The molecule has 0 unspecified atom stereocenters. The predicted molar refractivity (Wildman–Crippen MR) is 74.0 cm³/mol. The monoisotopic (exact) mass is 341 g/mol. The van der Waals surface area contributed by atoms with Crippen LogP contribution in [0.3, 0.4) is 0 Å². The number of anilines is 1. The van der Waals surface area contributed by atoms with Crippen LogP contribution in [0, 0.1) is 11.6 Å². The summed E-state index contributed by atoms with van der Waals surface area (Å²) in [6.45, 7) is -0.166. The smallest absolute Gasteiger partial charge is 0.341 e. The molecule has 2 aromatic carbocycles. The number of carbonyl (C=O) groups is 1. The Labute approximate surface area is 122 Å². The number of hydrogen-bond donors (Lipinski definition) is 1. The van der Waals surface area contributed by atoms with Crippen molar-refractivity contribution in [2.45, 2.75) is 6.61 Å². The van der Waals surface area contributed by atoms with Crippen LogP contribution in [0.25, 0.3) is 0 Å². The second-order valence-electron chi connectivity index (χ2n) is 4.05. The Morgan fingerprint density at radius 2 is 1.95 bits per heavy atom. The van der Waals surface area contributed by atoms with Gasteiger partial charge >= 0.3 is 5.97 Å². The van der Waals surface area contributed by atoms with Gasteiger partial charge in [-0.25, -0.2) is 13.6 Å². The van der Waals surface area contributed by atoms with Gasteiger partial charge in [-0.05, 0) is 36.4 Å². The maximum Gasteiger partial charge on any atom is 0.341 e. The third-order valence-electron chi connectivity index (χ3n) is 2.58. The standard InChI is InChI=1S/C14H10BrF2NO2/c15-12-4-1-9(16)5-8(12)7-20-14(19)11-3-2-10(18)6-13(11)17/h1-6H,7,18H2. The van der Waals surface area contributed by atoms with Crippen molar-refractivity contribution in [3.63, 3.8) is 0 Å². The third-order valence-corrected chi connectivity index (χ3v) is 3.35. The second kappa shape index (κ2) is 6.00. The Kier molecular flexibility index (Phi) is 4.34. The van der Waals surface area contributed by atoms with Gasteiger partial charge in [0.05, 0.1) is 5.56 Å². The molecule has 104 valence electrons. The lowest BCUT2D eigenvalue weighted by atomic mass is 10.2. The molecule has 0 aliphatic carbocycles. The molecule has 0 aliphatic rings. The molecule has 0 amide bonds. The summed E-state index contributed by atoms with van der Waals surface area (Å²) in [5.74, 6) is -2.04. The summed E-state index contributed by atoms with van der Waals surface area (Å²) in [5.41, 5.74) is 5.84. The van der Waals surface area contributed by atoms with Gasteiger partial charge in [-0.1, -0.05) is 15.9 Å². The maximum atomic E-state index is 13.5. The first-order chi connectivity index (χ1) is 9.47. The van der Waals surface area contributed by atoms with Gasteiger partial charge in [-0.2, -0.15) is 0 Å². The average Bonchev–Trinajstić information content (AvgIpc) is 2.39. The summed E-state index contributed by atoms with van der Waals surface area (Å²) in [5, 5.41) is 0. The van der Waals surface area contributed by atoms with Crippen molar-refractivity contribution in [2.24, 2.45) is 0 Å². The van der Waals surface area contributed by atoms with Crippen LogP contribution >= 0.6 is 15.9 Å². The summed E-state index contributed by atoms with van der Waals surface area (Å²) < 4.78 is 32.1. The van der Waals surface area contributed by atoms with Crippen molar-refractivity contribution in [2.75, 3.05) is 5.73 Å². The molecule has 0 aliphatic heterocycles. The van der Waals surface area contributed by atoms with Crippen molar-refractivity contribution < 1.29 is 18.3 Å². The topological polar surface area (TPSA) is 52.3 Å². The van der Waals surface area contributed by atoms with Crippen LogP contribution in [0.5, 0.6) is 0 Å². The summed E-state index contributed by atoms with van der Waals surface area (Å²) in [7, 11) is 0. The normalized spacial score (nSPS) is 10.3. The van der Waals surface area contributed by atoms with Gasteiger partial charge in [0, 0.05) is 15.7 Å². The number of nitrogens with two attached hydrogens (primary N) is 1. The van der Waals surface area contributed by atoms with Gasteiger partial charge in [-0.3, -0.25) is 0 Å². The third kappa shape index (κ3) is 3.33. The summed E-state index contributed by atoms with van der Waals surface area (Å²) in [4.78, 5) is 11.7. The summed E-state index contributed by atoms with van der Waals surface area (Å²) in [6, 6.07) is 7.69. The fraction of sp³-hybridized carbons (Fsp3) is 0.0714. The molecular weight excluding hydrogens is 332 g/mol. The molecule has 0 fully saturated rings. The molecule has 0 atom stereocenters. The molecule has 2 N–H and O–H groups in total. The number of nitrogen functional groups attached to an aromatic ring is 1. The zero-order valence-electron chi connectivity index (χ0n) is 10.2. The van der Waals surface area contributed by atoms with Crippen LogP contribution in [0.15, 0.2) is 40.9 Å². The molecule has 0 saturated carbocycles. The fourth-order valence-corrected chi connectivity index (χ4v) is 1.93. The van der Waals surface area contributed by atoms with Crippen LogP contribution in [0.2, 0.25) is 0 Å². The van der Waals surface area contributed by atoms with E-state index < -0.39 is 17.6 Å². The minimum atomic E-state index is -0.835. The minimum Gasteiger partial charge on any atom is -0.457 e. The lowest BCUT2D eigenvalue weighted by Gasteiger charge is -2.08. The first kappa shape index (κ1) is 14.5. The number of carbonyl (C=O) groups excluding carboxylic acids is 1. The highest BCUT2D eigenvalue weighted by atomic mass is 79.9. The van der Waals surface area contributed by atoms with E-state index in [1.165, 1.54) is 30.3 Å². The first-order valence-corrected chi connectivity index (χ1v) is 6.43. The van der Waals surface area contributed by atoms with E-state index in [9.17, 15) is 13.6 Å². The molecule has 0 bridgehead atoms. The van der Waals surface area contributed by atoms with E-state index in [4.69, 9.17) is 10.5 Å². The van der Waals surface area contributed by atoms with Crippen LogP contribution < -0.4 is 5.73 Å². The number of esters is 1. The molecule has 0 heterocycles. The van der Waals surface area contributed by atoms with Gasteiger partial charge in [0.15, 0.2) is 0 Å². The molecule has 6 heteroatoms. The van der Waals surface area contributed by atoms with Crippen molar-refractivity contribution in [3.05, 3.63) is 63.6 Å². The molecule has 0 aromatic heterocycles. The van der Waals surface area contributed by atoms with Gasteiger partial charge in [0.1, 0.15) is 18.2 Å². The van der Waals surface area contributed by atoms with E-state index in [0.29, 0.717) is 10.0 Å². The van der Waals surface area contributed by atoms with Crippen LogP contribution in [0.1, 0.15) is 15.9 Å². The van der Waals surface area contributed by atoms with Crippen LogP contribution in [0.4, 0.5) is 14.5 Å². The minimum absolute atomic E-state index is 0.166. The SMILES string of the molecule is Nc1ccc(C(=O)OCc2cc(F)ccc2Br)c(F)c1. The Bertz CT molecular complexity index is 662. The second-order valence-corrected chi connectivity index (χ2v) is 4.91. The number of rotatable bonds is 3. The quantitative estimate of drug-likeness (QED) is 0.684. The van der Waals surface area contributed by atoms with E-state index in [0.717, 1.165) is 6.07 Å². The first-order valence-electron chi connectivity index (χ1n) is 5.63. The molecule has 0 spiro atoms. The molecule has 3 nitrogen and oxygen atoms in total. The highest BCUT2D eigenvalue weighted by Gasteiger charge is 2.14. The Balaban J connectivity index is 2.10. The van der Waals surface area contributed by atoms with E-state index in [2.05, 4.69) is 15.9 Å². The van der Waals surface area contributed by atoms with Crippen LogP contribution in [-0.2, 0) is 11.3 Å². The predicted octanol–water partition coefficient (Wildman–Crippen LogP) is 3.67. The van der Waals surface area contributed by atoms with Gasteiger partial charge in [0.2, 0.25) is 0 Å². The Morgan fingerprint density at radius 1 is 1.20 bits per heavy atom. The van der Waals surface area contributed by atoms with E-state index in [1.54, 1.807) is 0 Å². The largest absolute Gasteiger partial charge is 0.457 e. The summed E-state index contributed by atoms with van der Waals surface area (Å²) >= 11 is 3.21. The molecule has 20 heavy (non-hydrogen) atoms. The van der Waals surface area contributed by atoms with Gasteiger partial charge < -0.3 is 10.5 Å². The zero-order valence-corrected chi connectivity index (χ0v) is 11.8. The van der Waals surface area contributed by atoms with E-state index >= 15 is 0 Å². The Hall–Kier alpha value is -1.95.